The molecule has 2 unspecified atom stereocenters. The molecule has 1 N–H and O–H groups in total. The van der Waals surface area contributed by atoms with Crippen molar-refractivity contribution in [2.75, 3.05) is 7.11 Å². The highest BCUT2D eigenvalue weighted by Gasteiger charge is 2.22. The first-order valence-corrected chi connectivity index (χ1v) is 4.53. The summed E-state index contributed by atoms with van der Waals surface area (Å²) in [7, 11) is 1.78. The minimum atomic E-state index is 0.302. The second kappa shape index (κ2) is 4.07. The third-order valence-corrected chi connectivity index (χ3v) is 2.47. The molecule has 0 aromatic rings. The maximum atomic E-state index is 5.26. The smallest absolute Gasteiger partial charge is 0.107 e. The molecule has 2 nitrogen and oxygen atoms in total. The molecule has 2 heteroatoms. The van der Waals surface area contributed by atoms with Crippen LogP contribution in [0, 0.1) is 5.92 Å². The van der Waals surface area contributed by atoms with Gasteiger partial charge in [-0.3, -0.25) is 5.32 Å². The van der Waals surface area contributed by atoms with Crippen LogP contribution in [0.25, 0.3) is 0 Å². The minimum absolute atomic E-state index is 0.302. The molecule has 0 aromatic carbocycles. The molecule has 0 bridgehead atoms. The predicted molar refractivity (Wildman–Crippen MR) is 46.4 cm³/mol. The maximum absolute atomic E-state index is 5.26. The molecule has 0 radical (unpaired) electrons. The Hall–Kier alpha value is -0.0800. The maximum Gasteiger partial charge on any atom is 0.107 e. The molecule has 1 heterocycles. The third-order valence-electron chi connectivity index (χ3n) is 2.47. The van der Waals surface area contributed by atoms with Crippen molar-refractivity contribution in [2.24, 2.45) is 5.92 Å². The van der Waals surface area contributed by atoms with Gasteiger partial charge in [0.15, 0.2) is 0 Å². The van der Waals surface area contributed by atoms with Crippen molar-refractivity contribution in [3.05, 3.63) is 0 Å². The summed E-state index contributed by atoms with van der Waals surface area (Å²) in [6.07, 6.45) is 4.07. The van der Waals surface area contributed by atoms with E-state index in [9.17, 15) is 0 Å². The van der Waals surface area contributed by atoms with Gasteiger partial charge in [-0.1, -0.05) is 13.8 Å². The van der Waals surface area contributed by atoms with E-state index in [1.54, 1.807) is 7.11 Å². The Bertz CT molecular complexity index is 114. The van der Waals surface area contributed by atoms with Crippen LogP contribution in [-0.2, 0) is 4.74 Å². The molecule has 0 aliphatic carbocycles. The first kappa shape index (κ1) is 9.01. The number of nitrogens with one attached hydrogen (secondary N) is 1. The number of ether oxygens (including phenoxy) is 1. The Kier molecular flexibility index (Phi) is 3.34. The SMILES string of the molecule is COC1CCCC(C(C)C)N1. The molecular formula is C9H19NO. The van der Waals surface area contributed by atoms with Gasteiger partial charge in [0, 0.05) is 13.2 Å². The van der Waals surface area contributed by atoms with Crippen molar-refractivity contribution in [1.29, 1.82) is 0 Å². The molecule has 0 aromatic heterocycles. The van der Waals surface area contributed by atoms with Crippen LogP contribution in [0.3, 0.4) is 0 Å². The van der Waals surface area contributed by atoms with E-state index in [-0.39, 0.29) is 0 Å². The van der Waals surface area contributed by atoms with Crippen LogP contribution in [0.1, 0.15) is 33.1 Å². The highest BCUT2D eigenvalue weighted by molar-refractivity contribution is 4.77. The molecule has 1 rings (SSSR count). The molecular weight excluding hydrogens is 138 g/mol. The number of piperidine rings is 1. The van der Waals surface area contributed by atoms with Gasteiger partial charge in [0.1, 0.15) is 6.23 Å². The number of methoxy groups -OCH3 is 1. The summed E-state index contributed by atoms with van der Waals surface area (Å²) in [6, 6.07) is 0.661. The van der Waals surface area contributed by atoms with E-state index in [0.29, 0.717) is 12.3 Å². The molecule has 66 valence electrons. The van der Waals surface area contributed by atoms with Crippen molar-refractivity contribution in [3.8, 4) is 0 Å². The summed E-state index contributed by atoms with van der Waals surface area (Å²) in [4.78, 5) is 0. The van der Waals surface area contributed by atoms with Crippen molar-refractivity contribution in [1.82, 2.24) is 5.32 Å². The van der Waals surface area contributed by atoms with E-state index in [1.165, 1.54) is 19.3 Å². The van der Waals surface area contributed by atoms with Crippen LogP contribution < -0.4 is 5.32 Å². The number of hydrogen-bond donors (Lipinski definition) is 1. The average Bonchev–Trinajstić information content (AvgIpc) is 2.05. The van der Waals surface area contributed by atoms with Gasteiger partial charge in [-0.15, -0.1) is 0 Å². The summed E-state index contributed by atoms with van der Waals surface area (Å²) in [5, 5.41) is 3.48. The van der Waals surface area contributed by atoms with Crippen molar-refractivity contribution >= 4 is 0 Å². The first-order valence-electron chi connectivity index (χ1n) is 4.53. The number of rotatable bonds is 2. The largest absolute Gasteiger partial charge is 0.367 e. The summed E-state index contributed by atoms with van der Waals surface area (Å²) in [5.74, 6) is 0.730. The highest BCUT2D eigenvalue weighted by Crippen LogP contribution is 2.18. The van der Waals surface area contributed by atoms with E-state index in [1.807, 2.05) is 0 Å². The predicted octanol–water partition coefficient (Wildman–Crippen LogP) is 1.76. The molecule has 11 heavy (non-hydrogen) atoms. The van der Waals surface area contributed by atoms with Crippen LogP contribution in [0.15, 0.2) is 0 Å². The quantitative estimate of drug-likeness (QED) is 0.659. The van der Waals surface area contributed by atoms with E-state index >= 15 is 0 Å². The Labute approximate surface area is 69.3 Å². The van der Waals surface area contributed by atoms with Crippen LogP contribution in [0.4, 0.5) is 0 Å². The average molecular weight is 157 g/mol. The standard InChI is InChI=1S/C9H19NO/c1-7(2)8-5-4-6-9(10-8)11-3/h7-10H,4-6H2,1-3H3. The van der Waals surface area contributed by atoms with Gasteiger partial charge in [-0.2, -0.15) is 0 Å². The molecule has 1 aliphatic heterocycles. The van der Waals surface area contributed by atoms with E-state index in [2.05, 4.69) is 19.2 Å². The lowest BCUT2D eigenvalue weighted by Gasteiger charge is -2.32. The van der Waals surface area contributed by atoms with E-state index < -0.39 is 0 Å². The summed E-state index contributed by atoms with van der Waals surface area (Å²) < 4.78 is 5.26. The third kappa shape index (κ3) is 2.46. The van der Waals surface area contributed by atoms with Gasteiger partial charge < -0.3 is 4.74 Å². The molecule has 2 atom stereocenters. The molecule has 1 saturated heterocycles. The van der Waals surface area contributed by atoms with Gasteiger partial charge >= 0.3 is 0 Å². The van der Waals surface area contributed by atoms with Crippen molar-refractivity contribution in [2.45, 2.75) is 45.4 Å². The lowest BCUT2D eigenvalue weighted by atomic mass is 9.94. The Morgan fingerprint density at radius 3 is 2.64 bits per heavy atom. The van der Waals surface area contributed by atoms with Crippen molar-refractivity contribution < 1.29 is 4.74 Å². The fraction of sp³-hybridized carbons (Fsp3) is 1.00. The van der Waals surface area contributed by atoms with Crippen LogP contribution in [0.2, 0.25) is 0 Å². The molecule has 0 amide bonds. The Morgan fingerprint density at radius 2 is 2.09 bits per heavy atom. The molecule has 1 fully saturated rings. The number of hydrogen-bond acceptors (Lipinski definition) is 2. The van der Waals surface area contributed by atoms with Gasteiger partial charge in [0.25, 0.3) is 0 Å². The summed E-state index contributed by atoms with van der Waals surface area (Å²) >= 11 is 0. The van der Waals surface area contributed by atoms with Crippen LogP contribution >= 0.6 is 0 Å². The van der Waals surface area contributed by atoms with Crippen LogP contribution in [-0.4, -0.2) is 19.4 Å². The lowest BCUT2D eigenvalue weighted by molar-refractivity contribution is 0.0287. The topological polar surface area (TPSA) is 21.3 Å². The second-order valence-corrected chi connectivity index (χ2v) is 3.67. The van der Waals surface area contributed by atoms with E-state index in [4.69, 9.17) is 4.74 Å². The fourth-order valence-corrected chi connectivity index (χ4v) is 1.64. The first-order chi connectivity index (χ1) is 5.24. The monoisotopic (exact) mass is 157 g/mol. The zero-order chi connectivity index (χ0) is 8.27. The zero-order valence-electron chi connectivity index (χ0n) is 7.76. The summed E-state index contributed by atoms with van der Waals surface area (Å²) in [6.45, 7) is 4.52. The minimum Gasteiger partial charge on any atom is -0.367 e. The van der Waals surface area contributed by atoms with Gasteiger partial charge in [-0.05, 0) is 25.2 Å². The van der Waals surface area contributed by atoms with Crippen LogP contribution in [0.5, 0.6) is 0 Å². The highest BCUT2D eigenvalue weighted by atomic mass is 16.5. The van der Waals surface area contributed by atoms with Gasteiger partial charge in [-0.25, -0.2) is 0 Å². The fourth-order valence-electron chi connectivity index (χ4n) is 1.64. The van der Waals surface area contributed by atoms with Gasteiger partial charge in [0.2, 0.25) is 0 Å². The lowest BCUT2D eigenvalue weighted by Crippen LogP contribution is -2.45. The van der Waals surface area contributed by atoms with Crippen molar-refractivity contribution in [3.63, 3.8) is 0 Å². The normalized spacial score (nSPS) is 32.7. The zero-order valence-corrected chi connectivity index (χ0v) is 7.76. The van der Waals surface area contributed by atoms with E-state index in [0.717, 1.165) is 5.92 Å². The molecule has 0 saturated carbocycles. The molecule has 1 aliphatic rings. The van der Waals surface area contributed by atoms with Gasteiger partial charge in [0.05, 0.1) is 0 Å². The molecule has 0 spiro atoms. The Morgan fingerprint density at radius 1 is 1.36 bits per heavy atom. The Balaban J connectivity index is 2.33. The summed E-state index contributed by atoms with van der Waals surface area (Å²) in [5.41, 5.74) is 0. The second-order valence-electron chi connectivity index (χ2n) is 3.67.